The van der Waals surface area contributed by atoms with Gasteiger partial charge in [-0.05, 0) is 48.6 Å². The molecule has 4 rings (SSSR count). The van der Waals surface area contributed by atoms with Gasteiger partial charge in [0.15, 0.2) is 0 Å². The minimum Gasteiger partial charge on any atom is -0.352 e. The molecule has 1 aliphatic carbocycles. The Labute approximate surface area is 248 Å². The molecule has 1 saturated carbocycles. The van der Waals surface area contributed by atoms with Gasteiger partial charge in [-0.1, -0.05) is 97.6 Å². The van der Waals surface area contributed by atoms with Gasteiger partial charge in [0.2, 0.25) is 21.8 Å². The van der Waals surface area contributed by atoms with E-state index in [1.165, 1.54) is 4.90 Å². The molecule has 3 aromatic rings. The maximum atomic E-state index is 14.2. The molecule has 0 radical (unpaired) electrons. The molecule has 0 aromatic heterocycles. The molecular weight excluding hydrogens is 558 g/mol. The number of aryl methyl sites for hydroxylation is 1. The molecule has 0 unspecified atom stereocenters. The lowest BCUT2D eigenvalue weighted by molar-refractivity contribution is -0.140. The summed E-state index contributed by atoms with van der Waals surface area (Å²) in [5, 5.41) is 3.67. The molecule has 0 aliphatic heterocycles. The van der Waals surface area contributed by atoms with Crippen molar-refractivity contribution in [1.82, 2.24) is 10.2 Å². The summed E-state index contributed by atoms with van der Waals surface area (Å²) in [7, 11) is -3.82. The Balaban J connectivity index is 1.74. The van der Waals surface area contributed by atoms with Crippen LogP contribution in [0.4, 0.5) is 5.69 Å². The lowest BCUT2D eigenvalue weighted by Gasteiger charge is -2.35. The summed E-state index contributed by atoms with van der Waals surface area (Å²) in [5.74, 6) is -0.735. The van der Waals surface area contributed by atoms with Crippen LogP contribution in [0.25, 0.3) is 0 Å². The number of rotatable bonds is 11. The number of halogens is 1. The standard InChI is InChI=1S/C32H38ClN3O4S/c1-24-13-9-12-20-29(24)36(41(2,39)40)23-31(37)35(22-26-16-10-11-19-28(26)33)30(21-25-14-5-3-6-15-25)32(38)34-27-17-7-4-8-18-27/h3,5-6,9-16,19-20,27,30H,4,7-8,17-18,21-23H2,1-2H3,(H,34,38)/t30-/m0/s1. The SMILES string of the molecule is Cc1ccccc1N(CC(=O)N(Cc1ccccc1Cl)[C@@H](Cc1ccccc1)C(=O)NC1CCCCC1)S(C)(=O)=O. The fraction of sp³-hybridized carbons (Fsp3) is 0.375. The van der Waals surface area contributed by atoms with Gasteiger partial charge in [0.25, 0.3) is 0 Å². The van der Waals surface area contributed by atoms with Crippen LogP contribution >= 0.6 is 11.6 Å². The average molecular weight is 596 g/mol. The van der Waals surface area contributed by atoms with Gasteiger partial charge in [0, 0.05) is 24.0 Å². The van der Waals surface area contributed by atoms with E-state index in [2.05, 4.69) is 5.32 Å². The predicted octanol–water partition coefficient (Wildman–Crippen LogP) is 5.50. The van der Waals surface area contributed by atoms with Gasteiger partial charge in [-0.15, -0.1) is 0 Å². The van der Waals surface area contributed by atoms with E-state index in [9.17, 15) is 18.0 Å². The summed E-state index contributed by atoms with van der Waals surface area (Å²) < 4.78 is 27.0. The van der Waals surface area contributed by atoms with Crippen LogP contribution in [0.5, 0.6) is 0 Å². The van der Waals surface area contributed by atoms with E-state index in [-0.39, 0.29) is 24.9 Å². The first-order valence-corrected chi connectivity index (χ1v) is 16.3. The summed E-state index contributed by atoms with van der Waals surface area (Å²) >= 11 is 6.52. The van der Waals surface area contributed by atoms with Crippen molar-refractivity contribution in [3.63, 3.8) is 0 Å². The van der Waals surface area contributed by atoms with Crippen molar-refractivity contribution < 1.29 is 18.0 Å². The summed E-state index contributed by atoms with van der Waals surface area (Å²) in [6.07, 6.45) is 6.42. The van der Waals surface area contributed by atoms with Crippen LogP contribution in [-0.4, -0.2) is 50.0 Å². The lowest BCUT2D eigenvalue weighted by atomic mass is 9.94. The third-order valence-corrected chi connectivity index (χ3v) is 9.08. The number of carbonyl (C=O) groups is 2. The summed E-state index contributed by atoms with van der Waals surface area (Å²) in [6.45, 7) is 1.41. The van der Waals surface area contributed by atoms with Crippen molar-refractivity contribution in [2.45, 2.75) is 64.1 Å². The maximum absolute atomic E-state index is 14.2. The van der Waals surface area contributed by atoms with Gasteiger partial charge in [-0.25, -0.2) is 8.42 Å². The topological polar surface area (TPSA) is 86.8 Å². The zero-order valence-electron chi connectivity index (χ0n) is 23.6. The Morgan fingerprint density at radius 2 is 1.56 bits per heavy atom. The molecule has 9 heteroatoms. The number of nitrogens with one attached hydrogen (secondary N) is 1. The van der Waals surface area contributed by atoms with E-state index in [4.69, 9.17) is 11.6 Å². The number of benzene rings is 3. The van der Waals surface area contributed by atoms with Crippen molar-refractivity contribution in [2.75, 3.05) is 17.1 Å². The second kappa shape index (κ2) is 14.0. The van der Waals surface area contributed by atoms with Crippen LogP contribution < -0.4 is 9.62 Å². The monoisotopic (exact) mass is 595 g/mol. The molecule has 3 aromatic carbocycles. The normalized spacial score (nSPS) is 14.7. The molecule has 7 nitrogen and oxygen atoms in total. The highest BCUT2D eigenvalue weighted by atomic mass is 35.5. The van der Waals surface area contributed by atoms with Crippen LogP contribution in [0.3, 0.4) is 0 Å². The molecule has 1 atom stereocenters. The largest absolute Gasteiger partial charge is 0.352 e. The molecule has 0 heterocycles. The van der Waals surface area contributed by atoms with E-state index in [0.29, 0.717) is 16.3 Å². The third-order valence-electron chi connectivity index (χ3n) is 7.58. The zero-order valence-corrected chi connectivity index (χ0v) is 25.2. The fourth-order valence-corrected chi connectivity index (χ4v) is 6.45. The molecule has 0 spiro atoms. The Kier molecular flexibility index (Phi) is 10.5. The first-order chi connectivity index (χ1) is 19.6. The van der Waals surface area contributed by atoms with Crippen LogP contribution in [0.15, 0.2) is 78.9 Å². The summed E-state index contributed by atoms with van der Waals surface area (Å²) in [4.78, 5) is 29.7. The van der Waals surface area contributed by atoms with Crippen molar-refractivity contribution >= 4 is 39.1 Å². The van der Waals surface area contributed by atoms with Gasteiger partial charge >= 0.3 is 0 Å². The molecular formula is C32H38ClN3O4S. The number of nitrogens with zero attached hydrogens (tertiary/aromatic N) is 2. The number of sulfonamides is 1. The van der Waals surface area contributed by atoms with Crippen LogP contribution in [0, 0.1) is 6.92 Å². The van der Waals surface area contributed by atoms with Gasteiger partial charge in [0.05, 0.1) is 11.9 Å². The van der Waals surface area contributed by atoms with Gasteiger partial charge < -0.3 is 10.2 Å². The minimum absolute atomic E-state index is 0.0475. The van der Waals surface area contributed by atoms with E-state index < -0.39 is 28.5 Å². The summed E-state index contributed by atoms with van der Waals surface area (Å²) in [6, 6.07) is 22.9. The van der Waals surface area contributed by atoms with Crippen LogP contribution in [0.2, 0.25) is 5.02 Å². The first-order valence-electron chi connectivity index (χ1n) is 14.0. The highest BCUT2D eigenvalue weighted by molar-refractivity contribution is 7.92. The molecule has 1 aliphatic rings. The molecule has 218 valence electrons. The quantitative estimate of drug-likeness (QED) is 0.317. The molecule has 41 heavy (non-hydrogen) atoms. The number of amides is 2. The van der Waals surface area contributed by atoms with Crippen LogP contribution in [-0.2, 0) is 32.6 Å². The number of hydrogen-bond donors (Lipinski definition) is 1. The number of para-hydroxylation sites is 1. The number of anilines is 1. The second-order valence-corrected chi connectivity index (χ2v) is 13.0. The van der Waals surface area contributed by atoms with E-state index >= 15 is 0 Å². The number of hydrogen-bond acceptors (Lipinski definition) is 4. The lowest BCUT2D eigenvalue weighted by Crippen LogP contribution is -2.55. The van der Waals surface area contributed by atoms with Crippen molar-refractivity contribution in [3.05, 3.63) is 101 Å². The molecule has 1 N–H and O–H groups in total. The van der Waals surface area contributed by atoms with E-state index in [1.807, 2.05) is 48.5 Å². The highest BCUT2D eigenvalue weighted by Gasteiger charge is 2.34. The summed E-state index contributed by atoms with van der Waals surface area (Å²) in [5.41, 5.74) is 2.71. The van der Waals surface area contributed by atoms with Gasteiger partial charge in [-0.3, -0.25) is 13.9 Å². The van der Waals surface area contributed by atoms with Crippen molar-refractivity contribution in [1.29, 1.82) is 0 Å². The fourth-order valence-electron chi connectivity index (χ4n) is 5.35. The van der Waals surface area contributed by atoms with Crippen molar-refractivity contribution in [2.24, 2.45) is 0 Å². The zero-order chi connectivity index (χ0) is 29.4. The minimum atomic E-state index is -3.82. The smallest absolute Gasteiger partial charge is 0.244 e. The van der Waals surface area contributed by atoms with E-state index in [1.54, 1.807) is 37.3 Å². The molecule has 0 bridgehead atoms. The van der Waals surface area contributed by atoms with Crippen molar-refractivity contribution in [3.8, 4) is 0 Å². The van der Waals surface area contributed by atoms with Crippen LogP contribution in [0.1, 0.15) is 48.8 Å². The molecule has 2 amide bonds. The van der Waals surface area contributed by atoms with Gasteiger partial charge in [0.1, 0.15) is 12.6 Å². The molecule has 1 fully saturated rings. The predicted molar refractivity (Wildman–Crippen MR) is 164 cm³/mol. The first kappa shape index (κ1) is 30.6. The third kappa shape index (κ3) is 8.33. The Morgan fingerprint density at radius 3 is 2.22 bits per heavy atom. The second-order valence-electron chi connectivity index (χ2n) is 10.7. The molecule has 0 saturated heterocycles. The highest BCUT2D eigenvalue weighted by Crippen LogP contribution is 2.25. The maximum Gasteiger partial charge on any atom is 0.244 e. The Morgan fingerprint density at radius 1 is 0.927 bits per heavy atom. The number of carbonyl (C=O) groups excluding carboxylic acids is 2. The van der Waals surface area contributed by atoms with E-state index in [0.717, 1.165) is 53.8 Å². The average Bonchev–Trinajstić information content (AvgIpc) is 2.95. The van der Waals surface area contributed by atoms with Gasteiger partial charge in [-0.2, -0.15) is 0 Å². The Bertz CT molecular complexity index is 1440. The Hall–Kier alpha value is -3.36.